The molecule has 1 atom stereocenters. The third-order valence-electron chi connectivity index (χ3n) is 5.85. The summed E-state index contributed by atoms with van der Waals surface area (Å²) < 4.78 is 25.7. The molecule has 0 saturated carbocycles. The molecule has 0 spiro atoms. The van der Waals surface area contributed by atoms with Crippen LogP contribution in [0.2, 0.25) is 5.02 Å². The van der Waals surface area contributed by atoms with E-state index >= 15 is 0 Å². The van der Waals surface area contributed by atoms with Crippen molar-refractivity contribution in [3.8, 4) is 11.4 Å². The number of nitrogens with one attached hydrogen (secondary N) is 2. The highest BCUT2D eigenvalue weighted by Gasteiger charge is 2.25. The summed E-state index contributed by atoms with van der Waals surface area (Å²) in [5, 5.41) is 16.5. The van der Waals surface area contributed by atoms with Crippen LogP contribution in [0.4, 0.5) is 10.1 Å². The number of benzene rings is 3. The fourth-order valence-electron chi connectivity index (χ4n) is 3.95. The molecule has 222 valence electrons. The van der Waals surface area contributed by atoms with Crippen molar-refractivity contribution >= 4 is 41.1 Å². The predicted octanol–water partition coefficient (Wildman–Crippen LogP) is 4.93. The van der Waals surface area contributed by atoms with E-state index in [1.54, 1.807) is 51.1 Å². The smallest absolute Gasteiger partial charge is 0.342 e. The number of carbonyl (C=O) groups excluding carboxylic acids is 3. The number of methoxy groups -OCH3 is 1. The number of nitrogens with zero attached hydrogens (tertiary/aromatic N) is 4. The summed E-state index contributed by atoms with van der Waals surface area (Å²) in [5.41, 5.74) is 0.412. The first-order valence-corrected chi connectivity index (χ1v) is 13.3. The normalized spacial score (nSPS) is 12.0. The minimum absolute atomic E-state index is 0.0569. The lowest BCUT2D eigenvalue weighted by atomic mass is 10.1. The molecule has 43 heavy (non-hydrogen) atoms. The Labute approximate surface area is 251 Å². The number of aromatic nitrogens is 4. The van der Waals surface area contributed by atoms with Gasteiger partial charge < -0.3 is 20.1 Å². The SMILES string of the molecule is COc1cc(NC(=O)C(NC(=O)C=Cc2c(-n3ncnn3)ccc(Cl)c2F)c2ccccc2)ccc1C(=O)OC(C)(C)C. The Balaban J connectivity index is 1.57. The third-order valence-corrected chi connectivity index (χ3v) is 6.14. The standard InChI is InChI=1S/C30H28ClFN6O5/c1-30(2,3)43-29(41)21-11-10-19(16-24(21)42-4)35-28(40)27(18-8-6-5-7-9-18)36-25(39)15-12-20-23(38-34-17-33-37-38)14-13-22(31)26(20)32/h5-17,27H,1-4H3,(H,35,40)(H,36,39). The van der Waals surface area contributed by atoms with E-state index in [1.165, 1.54) is 49.8 Å². The molecule has 0 bridgehead atoms. The van der Waals surface area contributed by atoms with Gasteiger partial charge in [-0.05, 0) is 61.9 Å². The van der Waals surface area contributed by atoms with Gasteiger partial charge in [-0.3, -0.25) is 9.59 Å². The van der Waals surface area contributed by atoms with E-state index in [9.17, 15) is 18.8 Å². The number of amides is 2. The van der Waals surface area contributed by atoms with Gasteiger partial charge in [0.05, 0.1) is 17.8 Å². The monoisotopic (exact) mass is 606 g/mol. The molecule has 3 aromatic carbocycles. The molecular weight excluding hydrogens is 579 g/mol. The van der Waals surface area contributed by atoms with E-state index in [0.717, 1.165) is 10.9 Å². The van der Waals surface area contributed by atoms with Crippen LogP contribution in [0.5, 0.6) is 5.75 Å². The van der Waals surface area contributed by atoms with E-state index < -0.39 is 35.2 Å². The Bertz CT molecular complexity index is 1660. The molecule has 0 saturated heterocycles. The maximum Gasteiger partial charge on any atom is 0.342 e. The first-order chi connectivity index (χ1) is 20.5. The molecule has 2 N–H and O–H groups in total. The lowest BCUT2D eigenvalue weighted by Gasteiger charge is -2.21. The van der Waals surface area contributed by atoms with Gasteiger partial charge in [-0.2, -0.15) is 0 Å². The predicted molar refractivity (Wildman–Crippen MR) is 157 cm³/mol. The second-order valence-corrected chi connectivity index (χ2v) is 10.5. The number of carbonyl (C=O) groups is 3. The van der Waals surface area contributed by atoms with Crippen LogP contribution in [0, 0.1) is 5.82 Å². The molecule has 0 radical (unpaired) electrons. The van der Waals surface area contributed by atoms with Crippen LogP contribution in [-0.2, 0) is 14.3 Å². The molecule has 1 aromatic heterocycles. The lowest BCUT2D eigenvalue weighted by molar-refractivity contribution is -0.123. The Morgan fingerprint density at radius 1 is 1.07 bits per heavy atom. The second kappa shape index (κ2) is 13.3. The van der Waals surface area contributed by atoms with E-state index in [1.807, 2.05) is 0 Å². The molecule has 11 nitrogen and oxygen atoms in total. The summed E-state index contributed by atoms with van der Waals surface area (Å²) in [4.78, 5) is 40.2. The number of halogens is 2. The summed E-state index contributed by atoms with van der Waals surface area (Å²) in [6, 6.07) is 14.7. The Morgan fingerprint density at radius 2 is 1.81 bits per heavy atom. The molecule has 1 unspecified atom stereocenters. The van der Waals surface area contributed by atoms with E-state index in [0.29, 0.717) is 11.3 Å². The van der Waals surface area contributed by atoms with Crippen LogP contribution in [0.15, 0.2) is 73.1 Å². The Hall–Kier alpha value is -5.10. The average Bonchev–Trinajstić information content (AvgIpc) is 3.51. The van der Waals surface area contributed by atoms with Crippen molar-refractivity contribution in [3.63, 3.8) is 0 Å². The summed E-state index contributed by atoms with van der Waals surface area (Å²) in [6.45, 7) is 5.24. The molecule has 1 heterocycles. The van der Waals surface area contributed by atoms with Crippen molar-refractivity contribution in [2.45, 2.75) is 32.4 Å². The number of hydrogen-bond donors (Lipinski definition) is 2. The first kappa shape index (κ1) is 30.8. The fourth-order valence-corrected chi connectivity index (χ4v) is 4.11. The molecule has 4 rings (SSSR count). The molecular formula is C30H28ClFN6O5. The van der Waals surface area contributed by atoms with Crippen molar-refractivity contribution in [1.82, 2.24) is 25.5 Å². The maximum atomic E-state index is 14.9. The second-order valence-electron chi connectivity index (χ2n) is 10.1. The number of rotatable bonds is 9. The highest BCUT2D eigenvalue weighted by molar-refractivity contribution is 6.31. The zero-order valence-corrected chi connectivity index (χ0v) is 24.4. The van der Waals surface area contributed by atoms with E-state index in [-0.39, 0.29) is 27.6 Å². The number of hydrogen-bond acceptors (Lipinski definition) is 8. The van der Waals surface area contributed by atoms with Gasteiger partial charge in [0, 0.05) is 23.4 Å². The van der Waals surface area contributed by atoms with Gasteiger partial charge in [0.2, 0.25) is 5.91 Å². The van der Waals surface area contributed by atoms with Crippen LogP contribution in [0.3, 0.4) is 0 Å². The molecule has 0 fully saturated rings. The van der Waals surface area contributed by atoms with E-state index in [2.05, 4.69) is 26.0 Å². The first-order valence-electron chi connectivity index (χ1n) is 12.9. The highest BCUT2D eigenvalue weighted by atomic mass is 35.5. The van der Waals surface area contributed by atoms with Crippen LogP contribution in [0.1, 0.15) is 48.3 Å². The highest BCUT2D eigenvalue weighted by Crippen LogP contribution is 2.27. The summed E-state index contributed by atoms with van der Waals surface area (Å²) in [7, 11) is 1.39. The molecule has 0 aliphatic heterocycles. The Kier molecular flexibility index (Phi) is 9.51. The van der Waals surface area contributed by atoms with Crippen LogP contribution >= 0.6 is 11.6 Å². The van der Waals surface area contributed by atoms with E-state index in [4.69, 9.17) is 21.1 Å². The summed E-state index contributed by atoms with van der Waals surface area (Å²) >= 11 is 5.96. The minimum atomic E-state index is -1.14. The van der Waals surface area contributed by atoms with Gasteiger partial charge in [-0.25, -0.2) is 9.18 Å². The van der Waals surface area contributed by atoms with Gasteiger partial charge in [-0.15, -0.1) is 15.0 Å². The van der Waals surface area contributed by atoms with Gasteiger partial charge >= 0.3 is 5.97 Å². The molecule has 0 aliphatic rings. The third kappa shape index (κ3) is 7.80. The molecule has 0 aliphatic carbocycles. The average molecular weight is 607 g/mol. The van der Waals surface area contributed by atoms with Gasteiger partial charge in [0.1, 0.15) is 23.0 Å². The largest absolute Gasteiger partial charge is 0.496 e. The lowest BCUT2D eigenvalue weighted by Crippen LogP contribution is -2.36. The maximum absolute atomic E-state index is 14.9. The van der Waals surface area contributed by atoms with Crippen molar-refractivity contribution in [1.29, 1.82) is 0 Å². The molecule has 2 amide bonds. The summed E-state index contributed by atoms with van der Waals surface area (Å²) in [6.07, 6.45) is 3.45. The number of tetrazole rings is 1. The van der Waals surface area contributed by atoms with Crippen molar-refractivity contribution < 1.29 is 28.2 Å². The van der Waals surface area contributed by atoms with Crippen molar-refractivity contribution in [3.05, 3.63) is 101 Å². The van der Waals surface area contributed by atoms with Crippen LogP contribution < -0.4 is 15.4 Å². The fraction of sp³-hybridized carbons (Fsp3) is 0.200. The van der Waals surface area contributed by atoms with Crippen LogP contribution in [-0.4, -0.2) is 50.7 Å². The van der Waals surface area contributed by atoms with Crippen LogP contribution in [0.25, 0.3) is 11.8 Å². The molecule has 4 aromatic rings. The van der Waals surface area contributed by atoms with Gasteiger partial charge in [0.15, 0.2) is 12.1 Å². The minimum Gasteiger partial charge on any atom is -0.496 e. The topological polar surface area (TPSA) is 137 Å². The number of ether oxygens (including phenoxy) is 2. The van der Waals surface area contributed by atoms with Crippen molar-refractivity contribution in [2.24, 2.45) is 0 Å². The number of esters is 1. The quantitative estimate of drug-likeness (QED) is 0.202. The summed E-state index contributed by atoms with van der Waals surface area (Å²) in [5.74, 6) is -2.46. The zero-order valence-electron chi connectivity index (χ0n) is 23.7. The Morgan fingerprint density at radius 3 is 2.47 bits per heavy atom. The molecule has 13 heteroatoms. The zero-order chi connectivity index (χ0) is 31.1. The van der Waals surface area contributed by atoms with Crippen molar-refractivity contribution in [2.75, 3.05) is 12.4 Å². The van der Waals surface area contributed by atoms with Gasteiger partial charge in [-0.1, -0.05) is 41.9 Å². The number of anilines is 1. The van der Waals surface area contributed by atoms with Gasteiger partial charge in [0.25, 0.3) is 5.91 Å².